The zero-order chi connectivity index (χ0) is 27.2. The fourth-order valence-corrected chi connectivity index (χ4v) is 5.98. The Labute approximate surface area is 216 Å². The van der Waals surface area contributed by atoms with E-state index in [1.165, 1.54) is 11.0 Å². The van der Waals surface area contributed by atoms with Gasteiger partial charge in [0.15, 0.2) is 23.5 Å². The number of likely N-dealkylation sites (tertiary alicyclic amines) is 1. The number of aliphatic hydroxyl groups is 2. The van der Waals surface area contributed by atoms with Crippen LogP contribution in [0.25, 0.3) is 0 Å². The van der Waals surface area contributed by atoms with E-state index in [9.17, 15) is 24.6 Å². The molecule has 0 bridgehead atoms. The molecule has 6 rings (SSSR count). The van der Waals surface area contributed by atoms with E-state index >= 15 is 0 Å². The normalized spacial score (nSPS) is 31.9. The Kier molecular flexibility index (Phi) is 4.91. The first-order chi connectivity index (χ1) is 17.8. The van der Waals surface area contributed by atoms with Gasteiger partial charge in [-0.3, -0.25) is 34.9 Å². The van der Waals surface area contributed by atoms with Crippen LogP contribution in [-0.4, -0.2) is 98.1 Å². The summed E-state index contributed by atoms with van der Waals surface area (Å²) in [6.45, 7) is 3.14. The number of guanidine groups is 2. The Morgan fingerprint density at radius 3 is 2.66 bits per heavy atom. The molecule has 0 saturated carbocycles. The lowest BCUT2D eigenvalue weighted by atomic mass is 9.84. The summed E-state index contributed by atoms with van der Waals surface area (Å²) >= 11 is 0. The van der Waals surface area contributed by atoms with Gasteiger partial charge in [0.25, 0.3) is 11.6 Å². The van der Waals surface area contributed by atoms with Crippen molar-refractivity contribution in [3.8, 4) is 11.5 Å². The number of benzene rings is 1. The van der Waals surface area contributed by atoms with Crippen molar-refractivity contribution in [2.24, 2.45) is 16.5 Å². The molecule has 1 aromatic rings. The molecule has 1 aromatic carbocycles. The van der Waals surface area contributed by atoms with Gasteiger partial charge >= 0.3 is 5.96 Å². The van der Waals surface area contributed by atoms with Crippen LogP contribution in [0.1, 0.15) is 37.0 Å². The van der Waals surface area contributed by atoms with E-state index in [1.807, 2.05) is 0 Å². The van der Waals surface area contributed by atoms with E-state index in [1.54, 1.807) is 26.0 Å². The Balaban J connectivity index is 1.31. The monoisotopic (exact) mass is 529 g/mol. The fourth-order valence-electron chi connectivity index (χ4n) is 5.98. The molecule has 38 heavy (non-hydrogen) atoms. The first-order valence-electron chi connectivity index (χ1n) is 12.2. The molecular formula is C23H29N8O7+. The van der Waals surface area contributed by atoms with Crippen LogP contribution in [0, 0.1) is 0 Å². The number of fused-ring (bicyclic) bond motifs is 1. The predicted octanol–water partition coefficient (Wildman–Crippen LogP) is -4.80. The first kappa shape index (κ1) is 24.2. The van der Waals surface area contributed by atoms with Crippen molar-refractivity contribution in [3.63, 3.8) is 0 Å². The van der Waals surface area contributed by atoms with Gasteiger partial charge in [0.05, 0.1) is 18.7 Å². The number of carbonyl (C=O) groups is 3. The second-order valence-corrected chi connectivity index (χ2v) is 10.5. The predicted molar refractivity (Wildman–Crippen MR) is 128 cm³/mol. The molecule has 3 amide bonds. The van der Waals surface area contributed by atoms with Crippen LogP contribution in [0.15, 0.2) is 23.2 Å². The summed E-state index contributed by atoms with van der Waals surface area (Å²) in [5, 5.41) is 28.8. The van der Waals surface area contributed by atoms with E-state index in [-0.39, 0.29) is 61.0 Å². The number of aliphatic imine (C=N–C) groups is 1. The van der Waals surface area contributed by atoms with E-state index in [0.717, 1.165) is 4.90 Å². The molecular weight excluding hydrogens is 500 g/mol. The summed E-state index contributed by atoms with van der Waals surface area (Å²) in [5.74, 6) is -4.36. The van der Waals surface area contributed by atoms with Crippen LogP contribution < -0.4 is 36.6 Å². The Bertz CT molecular complexity index is 1310. The fraction of sp³-hybridized carbons (Fsp3) is 0.522. The molecule has 2 fully saturated rings. The van der Waals surface area contributed by atoms with Gasteiger partial charge < -0.3 is 30.7 Å². The van der Waals surface area contributed by atoms with Crippen LogP contribution in [-0.2, 0) is 9.59 Å². The standard InChI is InChI=1S/C23H28N8O7/c1-21(2)37-12-5-3-4-10(16(12)38-21)18(34)27-13-9-31-20(25)26-11(8-30-14(32)6-7-15(30)33)17-22(31,23(13,35)36)29-19(24)28-17/h3-5,11,13,17,35-36H,6-9H2,1-2H3,(H2,25,26)(H,27,34)(H3,24,28,29)/p+1/t11-,13?,17-,22?/m0/s1. The van der Waals surface area contributed by atoms with Crippen LogP contribution in [0.2, 0.25) is 0 Å². The van der Waals surface area contributed by atoms with E-state index in [4.69, 9.17) is 20.9 Å². The highest BCUT2D eigenvalue weighted by molar-refractivity contribution is 6.02. The topological polar surface area (TPSA) is 219 Å². The van der Waals surface area contributed by atoms with Gasteiger partial charge in [-0.1, -0.05) is 6.07 Å². The van der Waals surface area contributed by atoms with E-state index in [2.05, 4.69) is 20.6 Å². The lowest BCUT2D eigenvalue weighted by molar-refractivity contribution is -0.521. The molecule has 202 valence electrons. The Morgan fingerprint density at radius 1 is 1.24 bits per heavy atom. The number of imide groups is 1. The van der Waals surface area contributed by atoms with Crippen molar-refractivity contribution in [3.05, 3.63) is 23.8 Å². The molecule has 0 radical (unpaired) electrons. The van der Waals surface area contributed by atoms with Gasteiger partial charge in [0.2, 0.25) is 23.4 Å². The lowest BCUT2D eigenvalue weighted by Gasteiger charge is -2.46. The maximum Gasteiger partial charge on any atom is 0.343 e. The van der Waals surface area contributed by atoms with E-state index < -0.39 is 41.3 Å². The minimum Gasteiger partial charge on any atom is -0.449 e. The third-order valence-electron chi connectivity index (χ3n) is 7.64. The number of ether oxygens (including phenoxy) is 2. The van der Waals surface area contributed by atoms with E-state index in [0.29, 0.717) is 5.75 Å². The zero-order valence-electron chi connectivity index (χ0n) is 20.7. The number of rotatable bonds is 4. The highest BCUT2D eigenvalue weighted by atomic mass is 16.7. The summed E-state index contributed by atoms with van der Waals surface area (Å²) in [6.07, 6.45) is 0.194. The van der Waals surface area contributed by atoms with Crippen molar-refractivity contribution in [2.75, 3.05) is 13.1 Å². The number of nitrogens with two attached hydrogens (primary N) is 2. The van der Waals surface area contributed by atoms with Crippen molar-refractivity contribution >= 4 is 29.6 Å². The number of amides is 3. The van der Waals surface area contributed by atoms with Crippen molar-refractivity contribution in [1.29, 1.82) is 0 Å². The summed E-state index contributed by atoms with van der Waals surface area (Å²) in [4.78, 5) is 47.8. The minimum atomic E-state index is -2.64. The minimum absolute atomic E-state index is 0.0158. The second-order valence-electron chi connectivity index (χ2n) is 10.5. The SMILES string of the molecule is CC1(C)Oc2cccc(C(=O)NC3CN4C(N)=N[C@@H](CN5C(=O)CCC5=O)[C@@H]5[NH+]=C(N)NC54C3(O)O)c2O1. The molecule has 15 heteroatoms. The van der Waals surface area contributed by atoms with Crippen LogP contribution in [0.4, 0.5) is 0 Å². The number of carbonyl (C=O) groups excluding carboxylic acids is 3. The Hall–Kier alpha value is -4.11. The third-order valence-corrected chi connectivity index (χ3v) is 7.64. The van der Waals surface area contributed by atoms with Gasteiger partial charge in [-0.2, -0.15) is 0 Å². The van der Waals surface area contributed by atoms with Crippen LogP contribution in [0.3, 0.4) is 0 Å². The molecule has 0 aromatic heterocycles. The molecule has 1 spiro atoms. The molecule has 5 aliphatic rings. The van der Waals surface area contributed by atoms with Crippen LogP contribution in [0.5, 0.6) is 11.5 Å². The molecule has 4 atom stereocenters. The maximum absolute atomic E-state index is 13.4. The summed E-state index contributed by atoms with van der Waals surface area (Å²) in [6, 6.07) is 1.78. The second kappa shape index (κ2) is 7.70. The molecule has 0 aliphatic carbocycles. The third kappa shape index (κ3) is 3.24. The van der Waals surface area contributed by atoms with Gasteiger partial charge in [0, 0.05) is 26.7 Å². The van der Waals surface area contributed by atoms with Gasteiger partial charge in [-0.25, -0.2) is 10.3 Å². The number of nitrogens with zero attached hydrogens (tertiary/aromatic N) is 3. The molecule has 15 nitrogen and oxygen atoms in total. The lowest BCUT2D eigenvalue weighted by Crippen LogP contribution is -2.90. The highest BCUT2D eigenvalue weighted by Gasteiger charge is 2.76. The largest absolute Gasteiger partial charge is 0.449 e. The average molecular weight is 530 g/mol. The quantitative estimate of drug-likeness (QED) is 0.145. The zero-order valence-corrected chi connectivity index (χ0v) is 20.7. The first-order valence-corrected chi connectivity index (χ1v) is 12.2. The van der Waals surface area contributed by atoms with Crippen LogP contribution >= 0.6 is 0 Å². The summed E-state index contributed by atoms with van der Waals surface area (Å²) in [7, 11) is 0. The summed E-state index contributed by atoms with van der Waals surface area (Å²) in [5.41, 5.74) is 10.7. The molecule has 9 N–H and O–H groups in total. The maximum atomic E-state index is 13.4. The highest BCUT2D eigenvalue weighted by Crippen LogP contribution is 2.43. The molecule has 2 saturated heterocycles. The van der Waals surface area contributed by atoms with Crippen molar-refractivity contribution < 1.29 is 39.1 Å². The number of nitrogens with one attached hydrogen (secondary N) is 3. The Morgan fingerprint density at radius 2 is 1.95 bits per heavy atom. The van der Waals surface area contributed by atoms with Gasteiger partial charge in [-0.15, -0.1) is 0 Å². The van der Waals surface area contributed by atoms with Crippen molar-refractivity contribution in [1.82, 2.24) is 20.4 Å². The van der Waals surface area contributed by atoms with Gasteiger partial charge in [-0.05, 0) is 12.1 Å². The molecule has 5 aliphatic heterocycles. The number of hydrogen-bond acceptors (Lipinski definition) is 12. The summed E-state index contributed by atoms with van der Waals surface area (Å²) < 4.78 is 11.5. The molecule has 5 heterocycles. The smallest absolute Gasteiger partial charge is 0.343 e. The number of hydrogen-bond donors (Lipinski definition) is 7. The average Bonchev–Trinajstić information content (AvgIpc) is 3.52. The molecule has 2 unspecified atom stereocenters. The van der Waals surface area contributed by atoms with Crippen molar-refractivity contribution in [2.45, 2.75) is 62.1 Å². The van der Waals surface area contributed by atoms with Gasteiger partial charge in [0.1, 0.15) is 12.1 Å². The number of para-hydroxylation sites is 1.